The molecule has 0 saturated heterocycles. The van der Waals surface area contributed by atoms with Gasteiger partial charge in [-0.15, -0.1) is 0 Å². The van der Waals surface area contributed by atoms with Gasteiger partial charge in [-0.05, 0) is 36.8 Å². The van der Waals surface area contributed by atoms with Crippen molar-refractivity contribution in [3.8, 4) is 0 Å². The molecule has 1 aromatic heterocycles. The number of nitrogens with zero attached hydrogens (tertiary/aromatic N) is 2. The van der Waals surface area contributed by atoms with Crippen LogP contribution in [0.2, 0.25) is 5.02 Å². The highest BCUT2D eigenvalue weighted by Crippen LogP contribution is 2.17. The SMILES string of the molecule is Cc1nc(Nc2cccc(F)c2)cc(C(=O)NCc2ccccc2Cl)n1. The van der Waals surface area contributed by atoms with Gasteiger partial charge in [-0.3, -0.25) is 4.79 Å². The Balaban J connectivity index is 1.74. The lowest BCUT2D eigenvalue weighted by Gasteiger charge is -2.10. The molecule has 0 bridgehead atoms. The Morgan fingerprint density at radius 3 is 2.69 bits per heavy atom. The zero-order valence-corrected chi connectivity index (χ0v) is 14.7. The number of anilines is 2. The minimum atomic E-state index is -0.363. The van der Waals surface area contributed by atoms with E-state index >= 15 is 0 Å². The minimum Gasteiger partial charge on any atom is -0.347 e. The number of hydrogen-bond donors (Lipinski definition) is 2. The first kappa shape index (κ1) is 17.8. The third kappa shape index (κ3) is 4.55. The number of carbonyl (C=O) groups excluding carboxylic acids is 1. The van der Waals surface area contributed by atoms with Gasteiger partial charge in [-0.25, -0.2) is 14.4 Å². The van der Waals surface area contributed by atoms with Crippen molar-refractivity contribution in [3.63, 3.8) is 0 Å². The van der Waals surface area contributed by atoms with Crippen LogP contribution in [-0.2, 0) is 6.54 Å². The first-order chi connectivity index (χ1) is 12.5. The number of aryl methyl sites for hydroxylation is 1. The maximum absolute atomic E-state index is 13.3. The van der Waals surface area contributed by atoms with Crippen molar-refractivity contribution >= 4 is 29.0 Å². The van der Waals surface area contributed by atoms with Crippen LogP contribution < -0.4 is 10.6 Å². The van der Waals surface area contributed by atoms with Gasteiger partial charge in [0.2, 0.25) is 0 Å². The van der Waals surface area contributed by atoms with Gasteiger partial charge in [0.05, 0.1) is 0 Å². The summed E-state index contributed by atoms with van der Waals surface area (Å²) in [5.74, 6) is 0.122. The molecule has 2 N–H and O–H groups in total. The molecule has 0 aliphatic heterocycles. The molecule has 3 aromatic rings. The molecule has 0 aliphatic carbocycles. The van der Waals surface area contributed by atoms with Gasteiger partial charge < -0.3 is 10.6 Å². The van der Waals surface area contributed by atoms with Gasteiger partial charge in [0.15, 0.2) is 0 Å². The molecular weight excluding hydrogens is 355 g/mol. The van der Waals surface area contributed by atoms with Crippen LogP contribution in [0.4, 0.5) is 15.9 Å². The third-order valence-electron chi connectivity index (χ3n) is 3.56. The molecule has 2 aromatic carbocycles. The average molecular weight is 371 g/mol. The van der Waals surface area contributed by atoms with Crippen LogP contribution in [0, 0.1) is 12.7 Å². The Bertz CT molecular complexity index is 948. The Hall–Kier alpha value is -2.99. The van der Waals surface area contributed by atoms with E-state index in [1.165, 1.54) is 18.2 Å². The van der Waals surface area contributed by atoms with E-state index in [1.54, 1.807) is 25.1 Å². The molecule has 1 heterocycles. The van der Waals surface area contributed by atoms with E-state index in [-0.39, 0.29) is 24.0 Å². The second-order valence-corrected chi connectivity index (χ2v) is 6.00. The molecule has 0 radical (unpaired) electrons. The Morgan fingerprint density at radius 2 is 1.92 bits per heavy atom. The number of aromatic nitrogens is 2. The molecule has 3 rings (SSSR count). The van der Waals surface area contributed by atoms with Crippen molar-refractivity contribution in [2.45, 2.75) is 13.5 Å². The zero-order chi connectivity index (χ0) is 18.5. The molecule has 0 atom stereocenters. The number of halogens is 2. The smallest absolute Gasteiger partial charge is 0.270 e. The number of carbonyl (C=O) groups is 1. The number of amides is 1. The summed E-state index contributed by atoms with van der Waals surface area (Å²) in [6, 6.07) is 14.8. The van der Waals surface area contributed by atoms with E-state index in [1.807, 2.05) is 18.2 Å². The lowest BCUT2D eigenvalue weighted by atomic mass is 10.2. The van der Waals surface area contributed by atoms with Gasteiger partial charge in [-0.1, -0.05) is 35.9 Å². The van der Waals surface area contributed by atoms with E-state index < -0.39 is 0 Å². The quantitative estimate of drug-likeness (QED) is 0.704. The summed E-state index contributed by atoms with van der Waals surface area (Å²) >= 11 is 6.09. The predicted octanol–water partition coefficient (Wildman–Crippen LogP) is 4.25. The van der Waals surface area contributed by atoms with Crippen molar-refractivity contribution in [2.24, 2.45) is 0 Å². The summed E-state index contributed by atoms with van der Waals surface area (Å²) < 4.78 is 13.3. The minimum absolute atomic E-state index is 0.212. The fourth-order valence-electron chi connectivity index (χ4n) is 2.37. The number of benzene rings is 2. The Labute approximate surface area is 155 Å². The molecule has 0 spiro atoms. The number of rotatable bonds is 5. The Kier molecular flexibility index (Phi) is 5.43. The lowest BCUT2D eigenvalue weighted by molar-refractivity contribution is 0.0945. The van der Waals surface area contributed by atoms with E-state index in [0.717, 1.165) is 5.56 Å². The molecule has 0 unspecified atom stereocenters. The van der Waals surface area contributed by atoms with Crippen LogP contribution in [0.1, 0.15) is 21.9 Å². The highest BCUT2D eigenvalue weighted by atomic mass is 35.5. The molecule has 0 saturated carbocycles. The van der Waals surface area contributed by atoms with Crippen LogP contribution in [0.25, 0.3) is 0 Å². The molecule has 0 fully saturated rings. The van der Waals surface area contributed by atoms with Gasteiger partial charge in [0, 0.05) is 23.3 Å². The van der Waals surface area contributed by atoms with Crippen molar-refractivity contribution in [3.05, 3.63) is 82.5 Å². The zero-order valence-electron chi connectivity index (χ0n) is 14.0. The average Bonchev–Trinajstić information content (AvgIpc) is 2.60. The Morgan fingerprint density at radius 1 is 1.12 bits per heavy atom. The van der Waals surface area contributed by atoms with E-state index in [4.69, 9.17) is 11.6 Å². The molecule has 1 amide bonds. The monoisotopic (exact) mass is 370 g/mol. The summed E-state index contributed by atoms with van der Waals surface area (Å²) in [7, 11) is 0. The second kappa shape index (κ2) is 7.93. The fourth-order valence-corrected chi connectivity index (χ4v) is 2.57. The van der Waals surface area contributed by atoms with Gasteiger partial charge >= 0.3 is 0 Å². The summed E-state index contributed by atoms with van der Waals surface area (Å²) in [4.78, 5) is 20.8. The molecule has 0 aliphatic rings. The van der Waals surface area contributed by atoms with E-state index in [2.05, 4.69) is 20.6 Å². The summed E-state index contributed by atoms with van der Waals surface area (Å²) in [5, 5.41) is 6.34. The van der Waals surface area contributed by atoms with Gasteiger partial charge in [0.1, 0.15) is 23.2 Å². The maximum atomic E-state index is 13.3. The lowest BCUT2D eigenvalue weighted by Crippen LogP contribution is -2.24. The van der Waals surface area contributed by atoms with Crippen molar-refractivity contribution in [1.82, 2.24) is 15.3 Å². The largest absolute Gasteiger partial charge is 0.347 e. The van der Waals surface area contributed by atoms with Gasteiger partial charge in [-0.2, -0.15) is 0 Å². The standard InChI is InChI=1S/C19H16ClFN4O/c1-12-23-17(19(26)22-11-13-5-2-3-8-16(13)20)10-18(24-12)25-15-7-4-6-14(21)9-15/h2-10H,11H2,1H3,(H,22,26)(H,23,24,25). The van der Waals surface area contributed by atoms with Crippen LogP contribution in [0.5, 0.6) is 0 Å². The van der Waals surface area contributed by atoms with Gasteiger partial charge in [0.25, 0.3) is 5.91 Å². The first-order valence-corrected chi connectivity index (χ1v) is 8.29. The first-order valence-electron chi connectivity index (χ1n) is 7.91. The molecule has 26 heavy (non-hydrogen) atoms. The highest BCUT2D eigenvalue weighted by Gasteiger charge is 2.11. The maximum Gasteiger partial charge on any atom is 0.270 e. The summed E-state index contributed by atoms with van der Waals surface area (Å²) in [6.07, 6.45) is 0. The van der Waals surface area contributed by atoms with Crippen molar-refractivity contribution in [2.75, 3.05) is 5.32 Å². The van der Waals surface area contributed by atoms with Crippen LogP contribution in [0.15, 0.2) is 54.6 Å². The highest BCUT2D eigenvalue weighted by molar-refractivity contribution is 6.31. The summed E-state index contributed by atoms with van der Waals surface area (Å²) in [5.41, 5.74) is 1.56. The van der Waals surface area contributed by atoms with E-state index in [9.17, 15) is 9.18 Å². The fraction of sp³-hybridized carbons (Fsp3) is 0.105. The number of nitrogens with one attached hydrogen (secondary N) is 2. The topological polar surface area (TPSA) is 66.9 Å². The van der Waals surface area contributed by atoms with Crippen LogP contribution >= 0.6 is 11.6 Å². The second-order valence-electron chi connectivity index (χ2n) is 5.60. The molecular formula is C19H16ClFN4O. The normalized spacial score (nSPS) is 10.4. The summed E-state index contributed by atoms with van der Waals surface area (Å²) in [6.45, 7) is 1.97. The van der Waals surface area contributed by atoms with Crippen molar-refractivity contribution in [1.29, 1.82) is 0 Å². The van der Waals surface area contributed by atoms with Crippen LogP contribution in [0.3, 0.4) is 0 Å². The van der Waals surface area contributed by atoms with Crippen molar-refractivity contribution < 1.29 is 9.18 Å². The third-order valence-corrected chi connectivity index (χ3v) is 3.93. The van der Waals surface area contributed by atoms with Crippen LogP contribution in [-0.4, -0.2) is 15.9 Å². The molecule has 132 valence electrons. The molecule has 5 nitrogen and oxygen atoms in total. The van der Waals surface area contributed by atoms with E-state index in [0.29, 0.717) is 22.4 Å². The predicted molar refractivity (Wildman–Crippen MR) is 99.1 cm³/mol. The molecule has 7 heteroatoms. The number of hydrogen-bond acceptors (Lipinski definition) is 4.